The van der Waals surface area contributed by atoms with E-state index in [9.17, 15) is 4.39 Å². The molecule has 1 saturated carbocycles. The topological polar surface area (TPSA) is 36.9 Å². The molecule has 4 rings (SSSR count). The lowest BCUT2D eigenvalue weighted by Gasteiger charge is -2.39. The summed E-state index contributed by atoms with van der Waals surface area (Å²) in [6.45, 7) is 7.49. The van der Waals surface area contributed by atoms with Gasteiger partial charge in [-0.15, -0.1) is 24.0 Å². The Morgan fingerprint density at radius 1 is 1.14 bits per heavy atom. The minimum absolute atomic E-state index is 0. The Bertz CT molecular complexity index is 669. The first-order valence-corrected chi connectivity index (χ1v) is 10.5. The zero-order valence-corrected chi connectivity index (χ0v) is 19.2. The standard InChI is InChI=1S/C22H32FN3O.HI/c1-2-24-20(26-13-10-21(17-26)8-3-9-21)25-16-22(11-14-27-15-12-22)18-4-6-19(23)7-5-18;/h4-7H,2-3,8-17H2,1H3,(H,24,25);1H. The molecule has 0 bridgehead atoms. The van der Waals surface area contributed by atoms with E-state index in [1.54, 1.807) is 12.1 Å². The Balaban J connectivity index is 0.00000225. The molecule has 0 atom stereocenters. The van der Waals surface area contributed by atoms with Crippen molar-refractivity contribution >= 4 is 29.9 Å². The van der Waals surface area contributed by atoms with Crippen molar-refractivity contribution in [3.8, 4) is 0 Å². The van der Waals surface area contributed by atoms with Gasteiger partial charge in [-0.3, -0.25) is 4.99 Å². The van der Waals surface area contributed by atoms with Gasteiger partial charge in [0.05, 0.1) is 6.54 Å². The van der Waals surface area contributed by atoms with Crippen LogP contribution in [-0.4, -0.2) is 50.3 Å². The van der Waals surface area contributed by atoms with Gasteiger partial charge in [0.1, 0.15) is 5.82 Å². The highest BCUT2D eigenvalue weighted by molar-refractivity contribution is 14.0. The quantitative estimate of drug-likeness (QED) is 0.379. The molecule has 156 valence electrons. The third-order valence-electron chi connectivity index (χ3n) is 6.92. The van der Waals surface area contributed by atoms with Crippen LogP contribution in [-0.2, 0) is 10.2 Å². The maximum absolute atomic E-state index is 13.4. The van der Waals surface area contributed by atoms with Crippen LogP contribution in [0, 0.1) is 11.2 Å². The summed E-state index contributed by atoms with van der Waals surface area (Å²) >= 11 is 0. The van der Waals surface area contributed by atoms with E-state index in [4.69, 9.17) is 9.73 Å². The van der Waals surface area contributed by atoms with Crippen molar-refractivity contribution in [3.63, 3.8) is 0 Å². The van der Waals surface area contributed by atoms with Crippen molar-refractivity contribution in [2.75, 3.05) is 39.4 Å². The molecule has 0 unspecified atom stereocenters. The van der Waals surface area contributed by atoms with Crippen LogP contribution in [0.2, 0.25) is 0 Å². The van der Waals surface area contributed by atoms with Crippen molar-refractivity contribution in [2.45, 2.75) is 50.9 Å². The highest BCUT2D eigenvalue weighted by atomic mass is 127. The summed E-state index contributed by atoms with van der Waals surface area (Å²) in [4.78, 5) is 7.55. The Labute approximate surface area is 185 Å². The fraction of sp³-hybridized carbons (Fsp3) is 0.682. The van der Waals surface area contributed by atoms with Gasteiger partial charge in [-0.05, 0) is 62.1 Å². The van der Waals surface area contributed by atoms with E-state index >= 15 is 0 Å². The molecule has 1 aromatic rings. The minimum Gasteiger partial charge on any atom is -0.381 e. The highest BCUT2D eigenvalue weighted by Crippen LogP contribution is 2.48. The number of nitrogens with zero attached hydrogens (tertiary/aromatic N) is 2. The Kier molecular flexibility index (Phi) is 7.23. The van der Waals surface area contributed by atoms with Gasteiger partial charge in [0, 0.05) is 38.3 Å². The molecule has 28 heavy (non-hydrogen) atoms. The summed E-state index contributed by atoms with van der Waals surface area (Å²) in [5, 5.41) is 3.51. The van der Waals surface area contributed by atoms with Crippen molar-refractivity contribution in [1.82, 2.24) is 10.2 Å². The predicted molar refractivity (Wildman–Crippen MR) is 122 cm³/mol. The summed E-state index contributed by atoms with van der Waals surface area (Å²) in [7, 11) is 0. The molecule has 4 nitrogen and oxygen atoms in total. The molecule has 1 aliphatic carbocycles. The molecule has 0 aromatic heterocycles. The first-order chi connectivity index (χ1) is 13.1. The Hall–Kier alpha value is -0.890. The molecular formula is C22H33FIN3O. The summed E-state index contributed by atoms with van der Waals surface area (Å²) in [5.41, 5.74) is 1.69. The number of nitrogens with one attached hydrogen (secondary N) is 1. The second-order valence-corrected chi connectivity index (χ2v) is 8.59. The average molecular weight is 501 g/mol. The monoisotopic (exact) mass is 501 g/mol. The number of benzene rings is 1. The van der Waals surface area contributed by atoms with Gasteiger partial charge in [-0.1, -0.05) is 18.6 Å². The Morgan fingerprint density at radius 2 is 1.86 bits per heavy atom. The number of rotatable bonds is 4. The number of hydrogen-bond acceptors (Lipinski definition) is 2. The van der Waals surface area contributed by atoms with Crippen LogP contribution in [0.1, 0.15) is 51.0 Å². The fourth-order valence-corrected chi connectivity index (χ4v) is 4.96. The highest BCUT2D eigenvalue weighted by Gasteiger charge is 2.43. The molecule has 1 spiro atoms. The Morgan fingerprint density at radius 3 is 2.43 bits per heavy atom. The van der Waals surface area contributed by atoms with Gasteiger partial charge in [0.2, 0.25) is 0 Å². The van der Waals surface area contributed by atoms with Crippen molar-refractivity contribution in [1.29, 1.82) is 0 Å². The number of halogens is 2. The molecule has 1 N–H and O–H groups in total. The minimum atomic E-state index is -0.180. The number of aliphatic imine (C=N–C) groups is 1. The normalized spacial score (nSPS) is 23.2. The third kappa shape index (κ3) is 4.48. The molecule has 2 heterocycles. The van der Waals surface area contributed by atoms with Gasteiger partial charge in [-0.25, -0.2) is 4.39 Å². The lowest BCUT2D eigenvalue weighted by molar-refractivity contribution is 0.0530. The summed E-state index contributed by atoms with van der Waals surface area (Å²) in [6, 6.07) is 7.01. The van der Waals surface area contributed by atoms with Crippen LogP contribution in [0.4, 0.5) is 4.39 Å². The second kappa shape index (κ2) is 9.28. The smallest absolute Gasteiger partial charge is 0.193 e. The number of hydrogen-bond donors (Lipinski definition) is 1. The molecule has 2 saturated heterocycles. The van der Waals surface area contributed by atoms with Crippen LogP contribution >= 0.6 is 24.0 Å². The third-order valence-corrected chi connectivity index (χ3v) is 6.92. The summed E-state index contributed by atoms with van der Waals surface area (Å²) < 4.78 is 19.1. The number of guanidine groups is 1. The van der Waals surface area contributed by atoms with Gasteiger partial charge in [-0.2, -0.15) is 0 Å². The van der Waals surface area contributed by atoms with Crippen LogP contribution in [0.3, 0.4) is 0 Å². The van der Waals surface area contributed by atoms with Crippen LogP contribution in [0.15, 0.2) is 29.3 Å². The van der Waals surface area contributed by atoms with Crippen molar-refractivity contribution < 1.29 is 9.13 Å². The largest absolute Gasteiger partial charge is 0.381 e. The van der Waals surface area contributed by atoms with Crippen molar-refractivity contribution in [2.24, 2.45) is 10.4 Å². The van der Waals surface area contributed by atoms with Gasteiger partial charge >= 0.3 is 0 Å². The predicted octanol–water partition coefficient (Wildman–Crippen LogP) is 4.33. The fourth-order valence-electron chi connectivity index (χ4n) is 4.96. The van der Waals surface area contributed by atoms with Gasteiger partial charge < -0.3 is 15.0 Å². The van der Waals surface area contributed by atoms with Gasteiger partial charge in [0.25, 0.3) is 0 Å². The zero-order chi connectivity index (χ0) is 18.7. The molecule has 6 heteroatoms. The molecule has 1 aromatic carbocycles. The molecule has 0 amide bonds. The van der Waals surface area contributed by atoms with E-state index in [2.05, 4.69) is 17.1 Å². The van der Waals surface area contributed by atoms with Crippen LogP contribution in [0.25, 0.3) is 0 Å². The van der Waals surface area contributed by atoms with E-state index in [0.29, 0.717) is 5.41 Å². The maximum Gasteiger partial charge on any atom is 0.193 e. The number of ether oxygens (including phenoxy) is 1. The van der Waals surface area contributed by atoms with Gasteiger partial charge in [0.15, 0.2) is 5.96 Å². The van der Waals surface area contributed by atoms with Crippen LogP contribution < -0.4 is 5.32 Å². The van der Waals surface area contributed by atoms with Crippen molar-refractivity contribution in [3.05, 3.63) is 35.6 Å². The second-order valence-electron chi connectivity index (χ2n) is 8.59. The van der Waals surface area contributed by atoms with Crippen LogP contribution in [0.5, 0.6) is 0 Å². The molecule has 3 fully saturated rings. The molecule has 0 radical (unpaired) electrons. The lowest BCUT2D eigenvalue weighted by atomic mass is 9.68. The summed E-state index contributed by atoms with van der Waals surface area (Å²) in [5.74, 6) is 0.870. The molecule has 2 aliphatic heterocycles. The SMILES string of the molecule is CCNC(=NCC1(c2ccc(F)cc2)CCOCC1)N1CCC2(CCC2)C1.I. The van der Waals surface area contributed by atoms with E-state index < -0.39 is 0 Å². The molecule has 3 aliphatic rings. The first-order valence-electron chi connectivity index (χ1n) is 10.5. The average Bonchev–Trinajstić information content (AvgIpc) is 3.13. The van der Waals surface area contributed by atoms with E-state index in [0.717, 1.165) is 58.2 Å². The number of likely N-dealkylation sites (tertiary alicyclic amines) is 1. The van der Waals surface area contributed by atoms with E-state index in [1.165, 1.54) is 31.2 Å². The zero-order valence-electron chi connectivity index (χ0n) is 16.9. The summed E-state index contributed by atoms with van der Waals surface area (Å²) in [6.07, 6.45) is 7.31. The lowest BCUT2D eigenvalue weighted by Crippen LogP contribution is -2.44. The molecular weight excluding hydrogens is 468 g/mol. The maximum atomic E-state index is 13.4. The van der Waals surface area contributed by atoms with E-state index in [1.807, 2.05) is 12.1 Å². The first kappa shape index (κ1) is 21.8. The van der Waals surface area contributed by atoms with E-state index in [-0.39, 0.29) is 35.2 Å².